The van der Waals surface area contributed by atoms with Crippen LogP contribution >= 0.6 is 0 Å². The van der Waals surface area contributed by atoms with Crippen LogP contribution in [0.3, 0.4) is 0 Å². The molecule has 42 heavy (non-hydrogen) atoms. The van der Waals surface area contributed by atoms with E-state index < -0.39 is 0 Å². The Morgan fingerprint density at radius 3 is 1.83 bits per heavy atom. The lowest BCUT2D eigenvalue weighted by atomic mass is 10.0. The minimum atomic E-state index is 0.666. The number of para-hydroxylation sites is 3. The lowest BCUT2D eigenvalue weighted by Gasteiger charge is -2.25. The molecule has 4 nitrogen and oxygen atoms in total. The Balaban J connectivity index is 1.35. The first-order valence-corrected chi connectivity index (χ1v) is 14.0. The van der Waals surface area contributed by atoms with Gasteiger partial charge in [-0.3, -0.25) is 0 Å². The molecule has 6 aromatic carbocycles. The van der Waals surface area contributed by atoms with Crippen LogP contribution in [-0.4, -0.2) is 9.97 Å². The maximum absolute atomic E-state index is 6.44. The molecule has 8 aromatic rings. The average molecular weight is 540 g/mol. The zero-order valence-corrected chi connectivity index (χ0v) is 22.7. The molecule has 0 aliphatic heterocycles. The highest BCUT2D eigenvalue weighted by Gasteiger charge is 2.19. The Labute approximate surface area is 243 Å². The molecule has 0 aliphatic carbocycles. The zero-order chi connectivity index (χ0) is 27.9. The predicted molar refractivity (Wildman–Crippen MR) is 172 cm³/mol. The van der Waals surface area contributed by atoms with Crippen molar-refractivity contribution >= 4 is 49.9 Å². The summed E-state index contributed by atoms with van der Waals surface area (Å²) in [7, 11) is 0. The van der Waals surface area contributed by atoms with Crippen LogP contribution in [0.25, 0.3) is 55.5 Å². The Bertz CT molecular complexity index is 2150. The van der Waals surface area contributed by atoms with Crippen molar-refractivity contribution in [3.8, 4) is 22.6 Å². The number of furan rings is 1. The number of hydrogen-bond acceptors (Lipinski definition) is 4. The molecule has 0 atom stereocenters. The maximum atomic E-state index is 6.44. The van der Waals surface area contributed by atoms with Crippen molar-refractivity contribution in [3.63, 3.8) is 0 Å². The lowest BCUT2D eigenvalue weighted by Crippen LogP contribution is -2.09. The fourth-order valence-electron chi connectivity index (χ4n) is 5.72. The first kappa shape index (κ1) is 24.1. The second kappa shape index (κ2) is 10.0. The topological polar surface area (TPSA) is 42.2 Å². The van der Waals surface area contributed by atoms with Gasteiger partial charge in [-0.1, -0.05) is 97.1 Å². The number of fused-ring (bicyclic) bond motifs is 5. The van der Waals surface area contributed by atoms with Crippen molar-refractivity contribution in [3.05, 3.63) is 152 Å². The maximum Gasteiger partial charge on any atom is 0.160 e. The van der Waals surface area contributed by atoms with Crippen molar-refractivity contribution in [2.75, 3.05) is 4.90 Å². The summed E-state index contributed by atoms with van der Waals surface area (Å²) in [5.74, 6) is 0.666. The minimum Gasteiger partial charge on any atom is -0.455 e. The third kappa shape index (κ3) is 4.09. The van der Waals surface area contributed by atoms with E-state index in [9.17, 15) is 0 Å². The first-order chi connectivity index (χ1) is 20.8. The highest BCUT2D eigenvalue weighted by atomic mass is 16.3. The SMILES string of the molecule is c1ccc(-c2nc(-c3cccc(N(c4ccccc4)c4ccccc4)c3)nc3ccc4c5ccccc5oc4c23)cc1. The molecule has 0 spiro atoms. The summed E-state index contributed by atoms with van der Waals surface area (Å²) in [5, 5.41) is 3.08. The molecule has 0 unspecified atom stereocenters. The molecule has 0 fully saturated rings. The van der Waals surface area contributed by atoms with Crippen LogP contribution in [0.5, 0.6) is 0 Å². The molecule has 0 radical (unpaired) electrons. The summed E-state index contributed by atoms with van der Waals surface area (Å²) in [5.41, 5.74) is 8.52. The minimum absolute atomic E-state index is 0.666. The third-order valence-electron chi connectivity index (χ3n) is 7.64. The van der Waals surface area contributed by atoms with Crippen molar-refractivity contribution in [2.45, 2.75) is 0 Å². The van der Waals surface area contributed by atoms with Gasteiger partial charge in [-0.2, -0.15) is 0 Å². The smallest absolute Gasteiger partial charge is 0.160 e. The fourth-order valence-corrected chi connectivity index (χ4v) is 5.72. The van der Waals surface area contributed by atoms with Crippen molar-refractivity contribution in [1.82, 2.24) is 9.97 Å². The molecule has 0 aliphatic rings. The molecule has 0 amide bonds. The van der Waals surface area contributed by atoms with E-state index in [0.717, 1.165) is 66.7 Å². The van der Waals surface area contributed by atoms with Crippen LogP contribution in [0.1, 0.15) is 0 Å². The van der Waals surface area contributed by atoms with Gasteiger partial charge in [0.2, 0.25) is 0 Å². The normalized spacial score (nSPS) is 11.3. The summed E-state index contributed by atoms with van der Waals surface area (Å²) in [6.45, 7) is 0. The van der Waals surface area contributed by atoms with Crippen LogP contribution in [0.4, 0.5) is 17.1 Å². The first-order valence-electron chi connectivity index (χ1n) is 14.0. The highest BCUT2D eigenvalue weighted by Crippen LogP contribution is 2.40. The van der Waals surface area contributed by atoms with Gasteiger partial charge in [0.25, 0.3) is 0 Å². The summed E-state index contributed by atoms with van der Waals surface area (Å²) in [6.07, 6.45) is 0. The number of benzene rings is 6. The van der Waals surface area contributed by atoms with E-state index in [1.54, 1.807) is 0 Å². The second-order valence-corrected chi connectivity index (χ2v) is 10.3. The van der Waals surface area contributed by atoms with E-state index in [1.165, 1.54) is 0 Å². The van der Waals surface area contributed by atoms with Crippen LogP contribution in [0.15, 0.2) is 156 Å². The van der Waals surface area contributed by atoms with Gasteiger partial charge in [0.1, 0.15) is 11.2 Å². The molecular weight excluding hydrogens is 514 g/mol. The van der Waals surface area contributed by atoms with Gasteiger partial charge in [0.15, 0.2) is 5.82 Å². The molecule has 0 bridgehead atoms. The number of anilines is 3. The van der Waals surface area contributed by atoms with E-state index in [-0.39, 0.29) is 0 Å². The Morgan fingerprint density at radius 1 is 0.476 bits per heavy atom. The van der Waals surface area contributed by atoms with E-state index in [4.69, 9.17) is 14.4 Å². The van der Waals surface area contributed by atoms with Crippen molar-refractivity contribution in [1.29, 1.82) is 0 Å². The molecule has 8 rings (SSSR count). The number of rotatable bonds is 5. The van der Waals surface area contributed by atoms with Gasteiger partial charge >= 0.3 is 0 Å². The highest BCUT2D eigenvalue weighted by molar-refractivity contribution is 6.17. The van der Waals surface area contributed by atoms with Gasteiger partial charge in [0, 0.05) is 39.0 Å². The van der Waals surface area contributed by atoms with Crippen LogP contribution in [0.2, 0.25) is 0 Å². The van der Waals surface area contributed by atoms with Gasteiger partial charge in [-0.25, -0.2) is 9.97 Å². The van der Waals surface area contributed by atoms with E-state index >= 15 is 0 Å². The molecule has 2 aromatic heterocycles. The molecule has 4 heteroatoms. The Morgan fingerprint density at radius 2 is 1.10 bits per heavy atom. The summed E-state index contributed by atoms with van der Waals surface area (Å²) in [4.78, 5) is 12.6. The standard InChI is InChI=1S/C38H25N3O/c1-4-13-26(14-5-1)36-35-33(24-23-32-31-21-10-11-22-34(31)42-37(32)35)39-38(40-36)27-15-12-20-30(25-27)41(28-16-6-2-7-17-28)29-18-8-3-9-19-29/h1-25H. The number of nitrogens with zero attached hydrogens (tertiary/aromatic N) is 3. The summed E-state index contributed by atoms with van der Waals surface area (Å²) >= 11 is 0. The van der Waals surface area contributed by atoms with Gasteiger partial charge in [0.05, 0.1) is 16.6 Å². The van der Waals surface area contributed by atoms with Crippen LogP contribution < -0.4 is 4.90 Å². The molecule has 198 valence electrons. The van der Waals surface area contributed by atoms with E-state index in [1.807, 2.05) is 48.5 Å². The molecule has 0 saturated heterocycles. The largest absolute Gasteiger partial charge is 0.455 e. The summed E-state index contributed by atoms with van der Waals surface area (Å²) in [6, 6.07) is 51.9. The van der Waals surface area contributed by atoms with Gasteiger partial charge < -0.3 is 9.32 Å². The molecule has 0 saturated carbocycles. The van der Waals surface area contributed by atoms with E-state index in [0.29, 0.717) is 5.82 Å². The van der Waals surface area contributed by atoms with Crippen molar-refractivity contribution in [2.24, 2.45) is 0 Å². The molecular formula is C38H25N3O. The lowest BCUT2D eigenvalue weighted by molar-refractivity contribution is 0.672. The average Bonchev–Trinajstić information content (AvgIpc) is 3.45. The van der Waals surface area contributed by atoms with Crippen molar-refractivity contribution < 1.29 is 4.42 Å². The zero-order valence-electron chi connectivity index (χ0n) is 22.7. The second-order valence-electron chi connectivity index (χ2n) is 10.3. The molecule has 2 heterocycles. The van der Waals surface area contributed by atoms with Gasteiger partial charge in [-0.15, -0.1) is 0 Å². The van der Waals surface area contributed by atoms with Crippen LogP contribution in [-0.2, 0) is 0 Å². The van der Waals surface area contributed by atoms with Crippen LogP contribution in [0, 0.1) is 0 Å². The number of hydrogen-bond donors (Lipinski definition) is 0. The predicted octanol–water partition coefficient (Wildman–Crippen LogP) is 10.3. The third-order valence-corrected chi connectivity index (χ3v) is 7.64. The molecule has 0 N–H and O–H groups in total. The quantitative estimate of drug-likeness (QED) is 0.218. The fraction of sp³-hybridized carbons (Fsp3) is 0. The monoisotopic (exact) mass is 539 g/mol. The summed E-state index contributed by atoms with van der Waals surface area (Å²) < 4.78 is 6.44. The Kier molecular flexibility index (Phi) is 5.75. The number of aromatic nitrogens is 2. The van der Waals surface area contributed by atoms with Gasteiger partial charge in [-0.05, 0) is 54.6 Å². The van der Waals surface area contributed by atoms with E-state index in [2.05, 4.69) is 108 Å². The Hall–Kier alpha value is -5.74.